The number of morpholine rings is 1. The highest BCUT2D eigenvalue weighted by atomic mass is 32.1. The molecule has 1 saturated heterocycles. The van der Waals surface area contributed by atoms with E-state index in [0.29, 0.717) is 26.2 Å². The Balaban J connectivity index is 1.77. The molecule has 1 aliphatic heterocycles. The summed E-state index contributed by atoms with van der Waals surface area (Å²) in [5.74, 6) is 0. The number of rotatable bonds is 4. The molecule has 1 aliphatic rings. The van der Waals surface area contributed by atoms with Crippen LogP contribution < -0.4 is 5.32 Å². The molecule has 128 valence electrons. The molecule has 2 N–H and O–H groups in total. The van der Waals surface area contributed by atoms with Crippen LogP contribution >= 0.6 is 11.3 Å². The number of para-hydroxylation sites is 1. The number of hydrogen-bond donors (Lipinski definition) is 2. The van der Waals surface area contributed by atoms with Gasteiger partial charge in [0.2, 0.25) is 0 Å². The number of carbonyl (C=O) groups excluding carboxylic acids is 1. The van der Waals surface area contributed by atoms with E-state index in [1.54, 1.807) is 23.2 Å². The quantitative estimate of drug-likeness (QED) is 0.892. The number of nitrogens with zero attached hydrogens (tertiary/aromatic N) is 1. The van der Waals surface area contributed by atoms with Crippen molar-refractivity contribution in [2.75, 3.05) is 25.1 Å². The molecule has 2 amide bonds. The third kappa shape index (κ3) is 3.95. The van der Waals surface area contributed by atoms with Gasteiger partial charge in [-0.1, -0.05) is 24.3 Å². The Morgan fingerprint density at radius 3 is 3.00 bits per heavy atom. The number of hydrogen-bond acceptors (Lipinski definition) is 4. The minimum atomic E-state index is -0.467. The SMILES string of the molecule is CC(O)CC1COCCN1C(=O)Nc1ccccc1-c1cccs1. The minimum absolute atomic E-state index is 0.104. The first-order chi connectivity index (χ1) is 11.6. The van der Waals surface area contributed by atoms with E-state index in [1.807, 2.05) is 41.8 Å². The zero-order valence-corrected chi connectivity index (χ0v) is 14.5. The molecule has 2 unspecified atom stereocenters. The van der Waals surface area contributed by atoms with Gasteiger partial charge in [0.25, 0.3) is 0 Å². The van der Waals surface area contributed by atoms with Gasteiger partial charge in [-0.25, -0.2) is 4.79 Å². The number of carbonyl (C=O) groups is 1. The van der Waals surface area contributed by atoms with Crippen molar-refractivity contribution in [3.8, 4) is 10.4 Å². The number of urea groups is 1. The molecular weight excluding hydrogens is 324 g/mol. The lowest BCUT2D eigenvalue weighted by Gasteiger charge is -2.36. The number of aliphatic hydroxyl groups is 1. The second-order valence-corrected chi connectivity index (χ2v) is 6.91. The highest BCUT2D eigenvalue weighted by molar-refractivity contribution is 7.13. The zero-order chi connectivity index (χ0) is 16.9. The second-order valence-electron chi connectivity index (χ2n) is 5.96. The van der Waals surface area contributed by atoms with Gasteiger partial charge in [0.15, 0.2) is 0 Å². The predicted octanol–water partition coefficient (Wildman–Crippen LogP) is 3.42. The molecule has 3 rings (SSSR count). The van der Waals surface area contributed by atoms with Gasteiger partial charge in [-0.2, -0.15) is 0 Å². The van der Waals surface area contributed by atoms with Gasteiger partial charge >= 0.3 is 6.03 Å². The first-order valence-corrected chi connectivity index (χ1v) is 8.99. The van der Waals surface area contributed by atoms with Crippen LogP contribution in [-0.2, 0) is 4.74 Å². The highest BCUT2D eigenvalue weighted by Crippen LogP contribution is 2.31. The molecule has 2 atom stereocenters. The van der Waals surface area contributed by atoms with E-state index in [9.17, 15) is 9.90 Å². The molecular formula is C18H22N2O3S. The van der Waals surface area contributed by atoms with E-state index in [0.717, 1.165) is 16.1 Å². The summed E-state index contributed by atoms with van der Waals surface area (Å²) in [6.07, 6.45) is 0.0467. The van der Waals surface area contributed by atoms with E-state index in [-0.39, 0.29) is 12.1 Å². The van der Waals surface area contributed by atoms with Gasteiger partial charge in [0.05, 0.1) is 31.0 Å². The monoisotopic (exact) mass is 346 g/mol. The molecule has 0 aliphatic carbocycles. The molecule has 2 aromatic rings. The summed E-state index contributed by atoms with van der Waals surface area (Å²) < 4.78 is 5.47. The Kier molecular flexibility index (Phi) is 5.50. The topological polar surface area (TPSA) is 61.8 Å². The number of aliphatic hydroxyl groups excluding tert-OH is 1. The molecule has 1 fully saturated rings. The summed E-state index contributed by atoms with van der Waals surface area (Å²) >= 11 is 1.64. The molecule has 0 bridgehead atoms. The largest absolute Gasteiger partial charge is 0.393 e. The Bertz CT molecular complexity index is 673. The molecule has 1 aromatic carbocycles. The van der Waals surface area contributed by atoms with Crippen LogP contribution in [0.25, 0.3) is 10.4 Å². The van der Waals surface area contributed by atoms with Gasteiger partial charge in [-0.05, 0) is 30.9 Å². The fraction of sp³-hybridized carbons (Fsp3) is 0.389. The van der Waals surface area contributed by atoms with Crippen LogP contribution in [-0.4, -0.2) is 47.9 Å². The standard InChI is InChI=1S/C18H22N2O3S/c1-13(21)11-14-12-23-9-8-20(14)18(22)19-16-6-3-2-5-15(16)17-7-4-10-24-17/h2-7,10,13-14,21H,8-9,11-12H2,1H3,(H,19,22). The average Bonchev–Trinajstić information content (AvgIpc) is 3.09. The van der Waals surface area contributed by atoms with Gasteiger partial charge in [-0.15, -0.1) is 11.3 Å². The maximum absolute atomic E-state index is 12.8. The highest BCUT2D eigenvalue weighted by Gasteiger charge is 2.28. The van der Waals surface area contributed by atoms with Gasteiger partial charge in [-0.3, -0.25) is 0 Å². The van der Waals surface area contributed by atoms with Gasteiger partial charge in [0.1, 0.15) is 0 Å². The molecule has 0 saturated carbocycles. The van der Waals surface area contributed by atoms with Crippen molar-refractivity contribution in [3.05, 3.63) is 41.8 Å². The lowest BCUT2D eigenvalue weighted by atomic mass is 10.1. The van der Waals surface area contributed by atoms with Crippen molar-refractivity contribution in [1.29, 1.82) is 0 Å². The van der Waals surface area contributed by atoms with E-state index in [1.165, 1.54) is 0 Å². The van der Waals surface area contributed by atoms with E-state index >= 15 is 0 Å². The summed E-state index contributed by atoms with van der Waals surface area (Å²) in [6, 6.07) is 11.6. The third-order valence-electron chi connectivity index (χ3n) is 4.06. The van der Waals surface area contributed by atoms with Gasteiger partial charge < -0.3 is 20.1 Å². The lowest BCUT2D eigenvalue weighted by molar-refractivity contribution is -0.00160. The maximum Gasteiger partial charge on any atom is 0.322 e. The van der Waals surface area contributed by atoms with Crippen LogP contribution in [0.5, 0.6) is 0 Å². The summed E-state index contributed by atoms with van der Waals surface area (Å²) in [7, 11) is 0. The van der Waals surface area contributed by atoms with Crippen molar-refractivity contribution in [2.45, 2.75) is 25.5 Å². The predicted molar refractivity (Wildman–Crippen MR) is 96.4 cm³/mol. The van der Waals surface area contributed by atoms with E-state index in [4.69, 9.17) is 4.74 Å². The fourth-order valence-electron chi connectivity index (χ4n) is 2.94. The van der Waals surface area contributed by atoms with Crippen LogP contribution in [0.1, 0.15) is 13.3 Å². The van der Waals surface area contributed by atoms with Crippen LogP contribution in [0.4, 0.5) is 10.5 Å². The molecule has 2 heterocycles. The Morgan fingerprint density at radius 1 is 1.42 bits per heavy atom. The van der Waals surface area contributed by atoms with Crippen molar-refractivity contribution in [1.82, 2.24) is 4.90 Å². The van der Waals surface area contributed by atoms with E-state index < -0.39 is 6.10 Å². The summed E-state index contributed by atoms with van der Waals surface area (Å²) in [4.78, 5) is 15.6. The smallest absolute Gasteiger partial charge is 0.322 e. The molecule has 24 heavy (non-hydrogen) atoms. The number of nitrogens with one attached hydrogen (secondary N) is 1. The number of benzene rings is 1. The van der Waals surface area contributed by atoms with Crippen LogP contribution in [0.3, 0.4) is 0 Å². The van der Waals surface area contributed by atoms with Gasteiger partial charge in [0, 0.05) is 17.0 Å². The second kappa shape index (κ2) is 7.79. The maximum atomic E-state index is 12.8. The van der Waals surface area contributed by atoms with Crippen LogP contribution in [0.15, 0.2) is 41.8 Å². The van der Waals surface area contributed by atoms with Crippen LogP contribution in [0.2, 0.25) is 0 Å². The van der Waals surface area contributed by atoms with Crippen molar-refractivity contribution in [2.24, 2.45) is 0 Å². The number of ether oxygens (including phenoxy) is 1. The van der Waals surface area contributed by atoms with E-state index in [2.05, 4.69) is 5.32 Å². The summed E-state index contributed by atoms with van der Waals surface area (Å²) in [5, 5.41) is 14.7. The zero-order valence-electron chi connectivity index (χ0n) is 13.6. The number of thiophene rings is 1. The number of anilines is 1. The first kappa shape index (κ1) is 17.0. The Hall–Kier alpha value is -1.89. The van der Waals surface area contributed by atoms with Crippen molar-refractivity contribution < 1.29 is 14.6 Å². The average molecular weight is 346 g/mol. The molecule has 1 aromatic heterocycles. The Labute approximate surface area is 145 Å². The molecule has 5 nitrogen and oxygen atoms in total. The van der Waals surface area contributed by atoms with Crippen molar-refractivity contribution in [3.63, 3.8) is 0 Å². The van der Waals surface area contributed by atoms with Crippen LogP contribution in [0, 0.1) is 0 Å². The fourth-order valence-corrected chi connectivity index (χ4v) is 3.70. The van der Waals surface area contributed by atoms with Crippen molar-refractivity contribution >= 4 is 23.1 Å². The number of amides is 2. The molecule has 6 heteroatoms. The molecule has 0 spiro atoms. The first-order valence-electron chi connectivity index (χ1n) is 8.11. The summed E-state index contributed by atoms with van der Waals surface area (Å²) in [6.45, 7) is 3.25. The minimum Gasteiger partial charge on any atom is -0.393 e. The Morgan fingerprint density at radius 2 is 2.25 bits per heavy atom. The third-order valence-corrected chi connectivity index (χ3v) is 4.96. The normalized spacial score (nSPS) is 19.1. The lowest BCUT2D eigenvalue weighted by Crippen LogP contribution is -2.51. The summed E-state index contributed by atoms with van der Waals surface area (Å²) in [5.41, 5.74) is 1.81. The molecule has 0 radical (unpaired) electrons.